The minimum atomic E-state index is -1.04. The van der Waals surface area contributed by atoms with E-state index in [0.717, 1.165) is 5.56 Å². The molecule has 0 heterocycles. The van der Waals surface area contributed by atoms with E-state index in [2.05, 4.69) is 0 Å². The molecule has 0 fully saturated rings. The van der Waals surface area contributed by atoms with E-state index in [1.165, 1.54) is 5.56 Å². The smallest absolute Gasteiger partial charge is 0.338 e. The molecule has 0 aliphatic carbocycles. The standard InChI is InChI=1S/C16H17NO3/c1-10-6-7-13(8-11(10)2)20-9-12-4-3-5-14(17)15(12)16(18)19/h3-8H,9,17H2,1-2H3,(H,18,19). The minimum absolute atomic E-state index is 0.108. The number of benzene rings is 2. The molecule has 0 saturated heterocycles. The summed E-state index contributed by atoms with van der Waals surface area (Å²) in [6, 6.07) is 10.8. The molecule has 0 radical (unpaired) electrons. The van der Waals surface area contributed by atoms with Crippen LogP contribution in [-0.4, -0.2) is 11.1 Å². The second-order valence-corrected chi connectivity index (χ2v) is 4.72. The molecule has 0 unspecified atom stereocenters. The second-order valence-electron chi connectivity index (χ2n) is 4.72. The van der Waals surface area contributed by atoms with E-state index in [-0.39, 0.29) is 17.9 Å². The van der Waals surface area contributed by atoms with Crippen LogP contribution < -0.4 is 10.5 Å². The van der Waals surface area contributed by atoms with E-state index >= 15 is 0 Å². The number of carbonyl (C=O) groups is 1. The van der Waals surface area contributed by atoms with Crippen LogP contribution in [0.1, 0.15) is 27.0 Å². The number of rotatable bonds is 4. The lowest BCUT2D eigenvalue weighted by atomic mass is 10.1. The van der Waals surface area contributed by atoms with E-state index < -0.39 is 5.97 Å². The van der Waals surface area contributed by atoms with E-state index in [0.29, 0.717) is 11.3 Å². The van der Waals surface area contributed by atoms with Crippen molar-refractivity contribution >= 4 is 11.7 Å². The second kappa shape index (κ2) is 5.65. The van der Waals surface area contributed by atoms with Gasteiger partial charge in [0, 0.05) is 11.3 Å². The molecule has 104 valence electrons. The summed E-state index contributed by atoms with van der Waals surface area (Å²) in [5, 5.41) is 9.19. The zero-order valence-corrected chi connectivity index (χ0v) is 11.5. The zero-order chi connectivity index (χ0) is 14.7. The number of aromatic carboxylic acids is 1. The fraction of sp³-hybridized carbons (Fsp3) is 0.188. The number of carboxylic acid groups (broad SMARTS) is 1. The van der Waals surface area contributed by atoms with Gasteiger partial charge >= 0.3 is 5.97 Å². The highest BCUT2D eigenvalue weighted by atomic mass is 16.5. The molecular weight excluding hydrogens is 254 g/mol. The Morgan fingerprint density at radius 1 is 1.20 bits per heavy atom. The topological polar surface area (TPSA) is 72.5 Å². The van der Waals surface area contributed by atoms with Crippen molar-refractivity contribution in [3.05, 3.63) is 58.7 Å². The predicted octanol–water partition coefficient (Wildman–Crippen LogP) is 3.16. The molecule has 0 saturated carbocycles. The summed E-state index contributed by atoms with van der Waals surface area (Å²) in [5.74, 6) is -0.325. The summed E-state index contributed by atoms with van der Waals surface area (Å²) in [5.41, 5.74) is 8.94. The fourth-order valence-electron chi connectivity index (χ4n) is 1.97. The Labute approximate surface area is 117 Å². The van der Waals surface area contributed by atoms with Gasteiger partial charge in [0.15, 0.2) is 0 Å². The Morgan fingerprint density at radius 3 is 2.60 bits per heavy atom. The van der Waals surface area contributed by atoms with Crippen molar-refractivity contribution in [2.75, 3.05) is 5.73 Å². The van der Waals surface area contributed by atoms with Gasteiger partial charge in [0.2, 0.25) is 0 Å². The zero-order valence-electron chi connectivity index (χ0n) is 11.5. The molecule has 0 spiro atoms. The van der Waals surface area contributed by atoms with Gasteiger partial charge in [0.25, 0.3) is 0 Å². The number of hydrogen-bond donors (Lipinski definition) is 2. The first-order valence-corrected chi connectivity index (χ1v) is 6.29. The van der Waals surface area contributed by atoms with Gasteiger partial charge in [-0.2, -0.15) is 0 Å². The Balaban J connectivity index is 2.21. The maximum Gasteiger partial charge on any atom is 0.338 e. The van der Waals surface area contributed by atoms with Crippen LogP contribution in [0.2, 0.25) is 0 Å². The van der Waals surface area contributed by atoms with Gasteiger partial charge in [-0.3, -0.25) is 0 Å². The molecule has 4 heteroatoms. The Bertz CT molecular complexity index is 650. The highest BCUT2D eigenvalue weighted by Gasteiger charge is 2.13. The van der Waals surface area contributed by atoms with Gasteiger partial charge in [0.1, 0.15) is 12.4 Å². The largest absolute Gasteiger partial charge is 0.489 e. The lowest BCUT2D eigenvalue weighted by molar-refractivity contribution is 0.0695. The number of nitrogens with two attached hydrogens (primary N) is 1. The maximum atomic E-state index is 11.2. The summed E-state index contributed by atoms with van der Waals surface area (Å²) in [7, 11) is 0. The SMILES string of the molecule is Cc1ccc(OCc2cccc(N)c2C(=O)O)cc1C. The third-order valence-corrected chi connectivity index (χ3v) is 3.27. The van der Waals surface area contributed by atoms with E-state index in [1.807, 2.05) is 32.0 Å². The van der Waals surface area contributed by atoms with Crippen LogP contribution in [0.4, 0.5) is 5.69 Å². The lowest BCUT2D eigenvalue weighted by Crippen LogP contribution is -2.09. The first-order chi connectivity index (χ1) is 9.49. The van der Waals surface area contributed by atoms with Crippen LogP contribution in [0.3, 0.4) is 0 Å². The van der Waals surface area contributed by atoms with Crippen LogP contribution in [0.25, 0.3) is 0 Å². The summed E-state index contributed by atoms with van der Waals surface area (Å²) in [6.45, 7) is 4.21. The number of aryl methyl sites for hydroxylation is 2. The fourth-order valence-corrected chi connectivity index (χ4v) is 1.97. The van der Waals surface area contributed by atoms with E-state index in [4.69, 9.17) is 10.5 Å². The van der Waals surface area contributed by atoms with Gasteiger partial charge in [0.05, 0.1) is 5.56 Å². The Hall–Kier alpha value is -2.49. The summed E-state index contributed by atoms with van der Waals surface area (Å²) >= 11 is 0. The molecule has 20 heavy (non-hydrogen) atoms. The number of ether oxygens (including phenoxy) is 1. The van der Waals surface area contributed by atoms with Crippen molar-refractivity contribution in [1.29, 1.82) is 0 Å². The van der Waals surface area contributed by atoms with Crippen molar-refractivity contribution in [3.8, 4) is 5.75 Å². The van der Waals surface area contributed by atoms with Crippen molar-refractivity contribution in [3.63, 3.8) is 0 Å². The highest BCUT2D eigenvalue weighted by molar-refractivity contribution is 5.95. The molecule has 0 atom stereocenters. The third kappa shape index (κ3) is 2.91. The summed E-state index contributed by atoms with van der Waals surface area (Å²) < 4.78 is 5.65. The van der Waals surface area contributed by atoms with Gasteiger partial charge in [-0.05, 0) is 43.2 Å². The minimum Gasteiger partial charge on any atom is -0.489 e. The lowest BCUT2D eigenvalue weighted by Gasteiger charge is -2.11. The van der Waals surface area contributed by atoms with Crippen molar-refractivity contribution in [2.24, 2.45) is 0 Å². The summed E-state index contributed by atoms with van der Waals surface area (Å²) in [6.07, 6.45) is 0. The quantitative estimate of drug-likeness (QED) is 0.838. The molecule has 4 nitrogen and oxygen atoms in total. The highest BCUT2D eigenvalue weighted by Crippen LogP contribution is 2.21. The molecule has 2 aromatic rings. The van der Waals surface area contributed by atoms with E-state index in [9.17, 15) is 9.90 Å². The van der Waals surface area contributed by atoms with Crippen LogP contribution in [0.15, 0.2) is 36.4 Å². The van der Waals surface area contributed by atoms with Crippen LogP contribution >= 0.6 is 0 Å². The van der Waals surface area contributed by atoms with E-state index in [1.54, 1.807) is 18.2 Å². The van der Waals surface area contributed by atoms with Crippen LogP contribution in [0.5, 0.6) is 5.75 Å². The number of hydrogen-bond acceptors (Lipinski definition) is 3. The summed E-state index contributed by atoms with van der Waals surface area (Å²) in [4.78, 5) is 11.2. The molecule has 2 aromatic carbocycles. The van der Waals surface area contributed by atoms with Gasteiger partial charge in [-0.15, -0.1) is 0 Å². The van der Waals surface area contributed by atoms with Gasteiger partial charge < -0.3 is 15.6 Å². The Morgan fingerprint density at radius 2 is 1.95 bits per heavy atom. The molecule has 3 N–H and O–H groups in total. The maximum absolute atomic E-state index is 11.2. The normalized spacial score (nSPS) is 10.3. The Kier molecular flexibility index (Phi) is 3.94. The van der Waals surface area contributed by atoms with Crippen LogP contribution in [-0.2, 0) is 6.61 Å². The number of anilines is 1. The van der Waals surface area contributed by atoms with Gasteiger partial charge in [-0.25, -0.2) is 4.79 Å². The van der Waals surface area contributed by atoms with Crippen LogP contribution in [0, 0.1) is 13.8 Å². The molecule has 0 aliphatic rings. The molecular formula is C16H17NO3. The van der Waals surface area contributed by atoms with Crippen molar-refractivity contribution in [2.45, 2.75) is 20.5 Å². The van der Waals surface area contributed by atoms with Gasteiger partial charge in [-0.1, -0.05) is 18.2 Å². The first kappa shape index (κ1) is 13.9. The average molecular weight is 271 g/mol. The van der Waals surface area contributed by atoms with Crippen molar-refractivity contribution < 1.29 is 14.6 Å². The monoisotopic (exact) mass is 271 g/mol. The first-order valence-electron chi connectivity index (χ1n) is 6.29. The number of nitrogen functional groups attached to an aromatic ring is 1. The average Bonchev–Trinajstić information content (AvgIpc) is 2.39. The molecule has 0 bridgehead atoms. The van der Waals surface area contributed by atoms with Crippen molar-refractivity contribution in [1.82, 2.24) is 0 Å². The molecule has 0 amide bonds. The third-order valence-electron chi connectivity index (χ3n) is 3.27. The molecule has 0 aromatic heterocycles. The predicted molar refractivity (Wildman–Crippen MR) is 78.1 cm³/mol. The molecule has 2 rings (SSSR count). The number of carboxylic acids is 1. The molecule has 0 aliphatic heterocycles.